The molecule has 3 atom stereocenters. The molecule has 3 heterocycles. The fourth-order valence-electron chi connectivity index (χ4n) is 6.36. The zero-order valence-electron chi connectivity index (χ0n) is 28.1. The van der Waals surface area contributed by atoms with Gasteiger partial charge < -0.3 is 34.2 Å². The van der Waals surface area contributed by atoms with Crippen molar-refractivity contribution in [2.45, 2.75) is 30.5 Å². The summed E-state index contributed by atoms with van der Waals surface area (Å²) in [5.41, 5.74) is 8.52. The summed E-state index contributed by atoms with van der Waals surface area (Å²) in [6.45, 7) is -0.363. The van der Waals surface area contributed by atoms with Crippen LogP contribution in [0.5, 0.6) is 17.2 Å². The first kappa shape index (κ1) is 33.5. The standard InChI is InChI=1S/C39H37N5O7/c1-46-29-17-13-27(14-18-29)39(26-9-5-3-6-10-26,28-15-19-30(47-2)20-16-28)51-32-21-34(44-25-43-36-37(40)41-24-42-38(36)44)50-33(32)22-49-35(45)23-48-31-11-7-4-8-12-31/h3-20,24-25,32-34H,21-23H2,1-2H3,(H2,40,41,42)/t32-,33-,34-/m1/s1. The molecule has 7 rings (SSSR count). The van der Waals surface area contributed by atoms with Gasteiger partial charge in [-0.05, 0) is 53.1 Å². The number of nitrogens with two attached hydrogens (primary N) is 1. The van der Waals surface area contributed by atoms with E-state index in [-0.39, 0.29) is 19.0 Å². The van der Waals surface area contributed by atoms with E-state index in [0.717, 1.165) is 16.7 Å². The van der Waals surface area contributed by atoms with Crippen LogP contribution in [-0.4, -0.2) is 65.1 Å². The molecule has 12 nitrogen and oxygen atoms in total. The lowest BCUT2D eigenvalue weighted by molar-refractivity contribution is -0.155. The summed E-state index contributed by atoms with van der Waals surface area (Å²) >= 11 is 0. The molecule has 0 aliphatic carbocycles. The monoisotopic (exact) mass is 687 g/mol. The highest BCUT2D eigenvalue weighted by molar-refractivity contribution is 5.81. The SMILES string of the molecule is COc1ccc(C(O[C@@H]2C[C@H](n3cnc4c(N)ncnc43)O[C@@H]2COC(=O)COc2ccccc2)(c2ccccc2)c2ccc(OC)cc2)cc1. The minimum Gasteiger partial charge on any atom is -0.497 e. The van der Waals surface area contributed by atoms with Gasteiger partial charge in [0, 0.05) is 6.42 Å². The van der Waals surface area contributed by atoms with Crippen molar-refractivity contribution >= 4 is 23.0 Å². The summed E-state index contributed by atoms with van der Waals surface area (Å²) in [5, 5.41) is 0. The van der Waals surface area contributed by atoms with E-state index in [2.05, 4.69) is 15.0 Å². The molecule has 1 aliphatic heterocycles. The third-order valence-corrected chi connectivity index (χ3v) is 8.89. The number of nitrogens with zero attached hydrogens (tertiary/aromatic N) is 4. The van der Waals surface area contributed by atoms with E-state index in [1.165, 1.54) is 6.33 Å². The molecule has 0 radical (unpaired) electrons. The van der Waals surface area contributed by atoms with Gasteiger partial charge in [-0.1, -0.05) is 72.8 Å². The molecule has 6 aromatic rings. The van der Waals surface area contributed by atoms with E-state index in [1.807, 2.05) is 97.1 Å². The summed E-state index contributed by atoms with van der Waals surface area (Å²) in [4.78, 5) is 25.9. The van der Waals surface area contributed by atoms with E-state index < -0.39 is 30.0 Å². The number of hydrogen-bond donors (Lipinski definition) is 1. The number of benzene rings is 4. The first-order valence-corrected chi connectivity index (χ1v) is 16.4. The van der Waals surface area contributed by atoms with Crippen LogP contribution in [0.25, 0.3) is 11.2 Å². The van der Waals surface area contributed by atoms with Crippen LogP contribution in [0.4, 0.5) is 5.82 Å². The third-order valence-electron chi connectivity index (χ3n) is 8.89. The molecular formula is C39H37N5O7. The Morgan fingerprint density at radius 1 is 0.804 bits per heavy atom. The molecule has 0 amide bonds. The van der Waals surface area contributed by atoms with Crippen LogP contribution in [0.15, 0.2) is 122 Å². The van der Waals surface area contributed by atoms with Gasteiger partial charge in [0.1, 0.15) is 53.6 Å². The molecule has 0 bridgehead atoms. The Kier molecular flexibility index (Phi) is 9.77. The number of hydrogen-bond acceptors (Lipinski definition) is 11. The number of rotatable bonds is 13. The lowest BCUT2D eigenvalue weighted by Crippen LogP contribution is -2.41. The van der Waals surface area contributed by atoms with E-state index in [0.29, 0.717) is 34.8 Å². The number of carbonyl (C=O) groups is 1. The van der Waals surface area contributed by atoms with E-state index in [9.17, 15) is 4.79 Å². The summed E-state index contributed by atoms with van der Waals surface area (Å²) in [5.74, 6) is 1.69. The Bertz CT molecular complexity index is 2010. The van der Waals surface area contributed by atoms with Crippen molar-refractivity contribution in [2.75, 3.05) is 33.2 Å². The van der Waals surface area contributed by atoms with Gasteiger partial charge in [0.05, 0.1) is 26.7 Å². The highest BCUT2D eigenvalue weighted by atomic mass is 16.6. The molecule has 0 spiro atoms. The zero-order valence-corrected chi connectivity index (χ0v) is 28.1. The molecular weight excluding hydrogens is 650 g/mol. The third kappa shape index (κ3) is 6.91. The second-order valence-corrected chi connectivity index (χ2v) is 11.9. The van der Waals surface area contributed by atoms with E-state index >= 15 is 0 Å². The van der Waals surface area contributed by atoms with Crippen molar-refractivity contribution in [1.29, 1.82) is 0 Å². The van der Waals surface area contributed by atoms with Gasteiger partial charge in [0.25, 0.3) is 0 Å². The van der Waals surface area contributed by atoms with Crippen molar-refractivity contribution in [3.05, 3.63) is 139 Å². The first-order valence-electron chi connectivity index (χ1n) is 16.4. The maximum absolute atomic E-state index is 13.0. The molecule has 1 saturated heterocycles. The van der Waals surface area contributed by atoms with Gasteiger partial charge in [-0.15, -0.1) is 0 Å². The number of imidazole rings is 1. The molecule has 260 valence electrons. The fourth-order valence-corrected chi connectivity index (χ4v) is 6.36. The van der Waals surface area contributed by atoms with Crippen molar-refractivity contribution in [3.63, 3.8) is 0 Å². The summed E-state index contributed by atoms with van der Waals surface area (Å²) < 4.78 is 38.3. The Balaban J connectivity index is 1.27. The number of esters is 1. The number of methoxy groups -OCH3 is 2. The number of nitrogen functional groups attached to an aromatic ring is 1. The van der Waals surface area contributed by atoms with Crippen LogP contribution < -0.4 is 19.9 Å². The summed E-state index contributed by atoms with van der Waals surface area (Å²) in [6.07, 6.45) is 1.47. The molecule has 1 fully saturated rings. The Morgan fingerprint density at radius 2 is 1.41 bits per heavy atom. The predicted octanol–water partition coefficient (Wildman–Crippen LogP) is 5.71. The second-order valence-electron chi connectivity index (χ2n) is 11.9. The molecule has 51 heavy (non-hydrogen) atoms. The van der Waals surface area contributed by atoms with Gasteiger partial charge in [-0.3, -0.25) is 4.57 Å². The average Bonchev–Trinajstić information content (AvgIpc) is 3.81. The van der Waals surface area contributed by atoms with Gasteiger partial charge in [0.2, 0.25) is 0 Å². The number of aromatic nitrogens is 4. The number of para-hydroxylation sites is 1. The first-order chi connectivity index (χ1) is 25.0. The van der Waals surface area contributed by atoms with Crippen molar-refractivity contribution in [2.24, 2.45) is 0 Å². The van der Waals surface area contributed by atoms with Crippen LogP contribution in [0, 0.1) is 0 Å². The molecule has 4 aromatic carbocycles. The van der Waals surface area contributed by atoms with E-state index in [1.54, 1.807) is 37.2 Å². The van der Waals surface area contributed by atoms with Crippen molar-refractivity contribution in [3.8, 4) is 17.2 Å². The Morgan fingerprint density at radius 3 is 2.04 bits per heavy atom. The second kappa shape index (κ2) is 14.9. The van der Waals surface area contributed by atoms with Crippen LogP contribution >= 0.6 is 0 Å². The average molecular weight is 688 g/mol. The molecule has 12 heteroatoms. The smallest absolute Gasteiger partial charge is 0.344 e. The molecule has 2 aromatic heterocycles. The Labute approximate surface area is 294 Å². The minimum absolute atomic E-state index is 0.0992. The number of ether oxygens (including phenoxy) is 6. The summed E-state index contributed by atoms with van der Waals surface area (Å²) in [6, 6.07) is 34.6. The summed E-state index contributed by atoms with van der Waals surface area (Å²) in [7, 11) is 3.26. The number of anilines is 1. The molecule has 1 aliphatic rings. The predicted molar refractivity (Wildman–Crippen MR) is 188 cm³/mol. The molecule has 0 unspecified atom stereocenters. The molecule has 0 saturated carbocycles. The van der Waals surface area contributed by atoms with Gasteiger partial charge in [0.15, 0.2) is 18.1 Å². The largest absolute Gasteiger partial charge is 0.497 e. The minimum atomic E-state index is -1.15. The van der Waals surface area contributed by atoms with Gasteiger partial charge >= 0.3 is 5.97 Å². The van der Waals surface area contributed by atoms with Crippen LogP contribution in [0.1, 0.15) is 29.3 Å². The highest BCUT2D eigenvalue weighted by Crippen LogP contribution is 2.46. The fraction of sp³-hybridized carbons (Fsp3) is 0.231. The highest BCUT2D eigenvalue weighted by Gasteiger charge is 2.47. The number of carbonyl (C=O) groups excluding carboxylic acids is 1. The molecule has 2 N–H and O–H groups in total. The lowest BCUT2D eigenvalue weighted by Gasteiger charge is -2.39. The van der Waals surface area contributed by atoms with Crippen LogP contribution in [0.2, 0.25) is 0 Å². The normalized spacial score (nSPS) is 17.3. The lowest BCUT2D eigenvalue weighted by atomic mass is 9.79. The van der Waals surface area contributed by atoms with Gasteiger partial charge in [-0.2, -0.15) is 0 Å². The van der Waals surface area contributed by atoms with Crippen LogP contribution in [0.3, 0.4) is 0 Å². The van der Waals surface area contributed by atoms with E-state index in [4.69, 9.17) is 34.2 Å². The van der Waals surface area contributed by atoms with Gasteiger partial charge in [-0.25, -0.2) is 19.7 Å². The Hall–Kier alpha value is -5.98. The van der Waals surface area contributed by atoms with Crippen molar-refractivity contribution < 1.29 is 33.2 Å². The van der Waals surface area contributed by atoms with Crippen molar-refractivity contribution in [1.82, 2.24) is 19.5 Å². The maximum atomic E-state index is 13.0. The zero-order chi connectivity index (χ0) is 35.2. The number of fused-ring (bicyclic) bond motifs is 1. The van der Waals surface area contributed by atoms with Crippen LogP contribution in [-0.2, 0) is 24.6 Å². The topological polar surface area (TPSA) is 142 Å². The maximum Gasteiger partial charge on any atom is 0.344 e. The quantitative estimate of drug-likeness (QED) is 0.118.